The SMILES string of the molecule is CCOC(=O)c1ccccc1NC(=O)CC(=O)NCc1ccccc1. The Labute approximate surface area is 146 Å². The molecule has 0 saturated carbocycles. The first-order valence-electron chi connectivity index (χ1n) is 7.96. The molecule has 0 fully saturated rings. The predicted molar refractivity (Wildman–Crippen MR) is 93.9 cm³/mol. The fourth-order valence-electron chi connectivity index (χ4n) is 2.18. The highest BCUT2D eigenvalue weighted by Gasteiger charge is 2.15. The van der Waals surface area contributed by atoms with Crippen molar-refractivity contribution >= 4 is 23.5 Å². The number of ether oxygens (including phenoxy) is 1. The summed E-state index contributed by atoms with van der Waals surface area (Å²) in [7, 11) is 0. The van der Waals surface area contributed by atoms with E-state index in [-0.39, 0.29) is 18.6 Å². The van der Waals surface area contributed by atoms with E-state index in [0.717, 1.165) is 5.56 Å². The number of benzene rings is 2. The maximum atomic E-state index is 12.0. The molecule has 2 amide bonds. The summed E-state index contributed by atoms with van der Waals surface area (Å²) < 4.78 is 4.95. The Morgan fingerprint density at radius 3 is 2.32 bits per heavy atom. The van der Waals surface area contributed by atoms with Crippen molar-refractivity contribution < 1.29 is 19.1 Å². The van der Waals surface area contributed by atoms with Gasteiger partial charge < -0.3 is 15.4 Å². The second-order valence-electron chi connectivity index (χ2n) is 5.25. The summed E-state index contributed by atoms with van der Waals surface area (Å²) in [4.78, 5) is 35.8. The number of rotatable bonds is 7. The molecule has 6 nitrogen and oxygen atoms in total. The number of amides is 2. The van der Waals surface area contributed by atoms with E-state index in [1.54, 1.807) is 31.2 Å². The van der Waals surface area contributed by atoms with Crippen LogP contribution in [0.4, 0.5) is 5.69 Å². The lowest BCUT2D eigenvalue weighted by molar-refractivity contribution is -0.126. The Morgan fingerprint density at radius 2 is 1.60 bits per heavy atom. The number of carbonyl (C=O) groups is 3. The zero-order valence-corrected chi connectivity index (χ0v) is 14.0. The molecule has 0 aliphatic heterocycles. The molecule has 0 unspecified atom stereocenters. The molecule has 0 spiro atoms. The number of nitrogens with one attached hydrogen (secondary N) is 2. The quantitative estimate of drug-likeness (QED) is 0.599. The van der Waals surface area contributed by atoms with Crippen LogP contribution >= 0.6 is 0 Å². The number of hydrogen-bond acceptors (Lipinski definition) is 4. The molecular weight excluding hydrogens is 320 g/mol. The number of esters is 1. The van der Waals surface area contributed by atoms with Gasteiger partial charge in [0.2, 0.25) is 11.8 Å². The van der Waals surface area contributed by atoms with E-state index < -0.39 is 17.8 Å². The van der Waals surface area contributed by atoms with Gasteiger partial charge in [0.05, 0.1) is 17.9 Å². The molecule has 6 heteroatoms. The Hall–Kier alpha value is -3.15. The minimum Gasteiger partial charge on any atom is -0.462 e. The molecular formula is C19H20N2O4. The van der Waals surface area contributed by atoms with Crippen LogP contribution in [-0.4, -0.2) is 24.4 Å². The molecule has 2 rings (SSSR count). The van der Waals surface area contributed by atoms with Gasteiger partial charge in [0, 0.05) is 6.54 Å². The molecule has 2 aromatic carbocycles. The monoisotopic (exact) mass is 340 g/mol. The normalized spacial score (nSPS) is 9.96. The standard InChI is InChI=1S/C19H20N2O4/c1-2-25-19(24)15-10-6-7-11-16(15)21-18(23)12-17(22)20-13-14-8-4-3-5-9-14/h3-11H,2,12-13H2,1H3,(H,20,22)(H,21,23). The van der Waals surface area contributed by atoms with Gasteiger partial charge in [-0.1, -0.05) is 42.5 Å². The average Bonchev–Trinajstić information content (AvgIpc) is 2.61. The summed E-state index contributed by atoms with van der Waals surface area (Å²) in [6, 6.07) is 15.9. The van der Waals surface area contributed by atoms with Crippen molar-refractivity contribution in [1.82, 2.24) is 5.32 Å². The topological polar surface area (TPSA) is 84.5 Å². The van der Waals surface area contributed by atoms with Crippen molar-refractivity contribution in [1.29, 1.82) is 0 Å². The first kappa shape index (κ1) is 18.2. The maximum Gasteiger partial charge on any atom is 0.340 e. The molecule has 0 radical (unpaired) electrons. The molecule has 0 atom stereocenters. The van der Waals surface area contributed by atoms with Crippen LogP contribution in [0, 0.1) is 0 Å². The van der Waals surface area contributed by atoms with Crippen molar-refractivity contribution in [3.05, 3.63) is 65.7 Å². The molecule has 2 N–H and O–H groups in total. The number of carbonyl (C=O) groups excluding carboxylic acids is 3. The third-order valence-electron chi connectivity index (χ3n) is 3.35. The van der Waals surface area contributed by atoms with Crippen LogP contribution in [0.2, 0.25) is 0 Å². The third-order valence-corrected chi connectivity index (χ3v) is 3.35. The maximum absolute atomic E-state index is 12.0. The van der Waals surface area contributed by atoms with Gasteiger partial charge in [-0.3, -0.25) is 9.59 Å². The highest BCUT2D eigenvalue weighted by atomic mass is 16.5. The molecule has 0 aliphatic rings. The Bertz CT molecular complexity index is 744. The fourth-order valence-corrected chi connectivity index (χ4v) is 2.18. The van der Waals surface area contributed by atoms with Gasteiger partial charge in [-0.2, -0.15) is 0 Å². The van der Waals surface area contributed by atoms with E-state index in [2.05, 4.69) is 10.6 Å². The summed E-state index contributed by atoms with van der Waals surface area (Å²) >= 11 is 0. The van der Waals surface area contributed by atoms with Crippen molar-refractivity contribution in [3.8, 4) is 0 Å². The summed E-state index contributed by atoms with van der Waals surface area (Å²) in [6.07, 6.45) is -0.329. The highest BCUT2D eigenvalue weighted by molar-refractivity contribution is 6.06. The van der Waals surface area contributed by atoms with Gasteiger partial charge in [-0.05, 0) is 24.6 Å². The van der Waals surface area contributed by atoms with Gasteiger partial charge in [0.15, 0.2) is 0 Å². The van der Waals surface area contributed by atoms with Crippen molar-refractivity contribution in [2.45, 2.75) is 19.9 Å². The van der Waals surface area contributed by atoms with E-state index >= 15 is 0 Å². The molecule has 0 bridgehead atoms. The zero-order chi connectivity index (χ0) is 18.1. The van der Waals surface area contributed by atoms with E-state index in [9.17, 15) is 14.4 Å². The van der Waals surface area contributed by atoms with Crippen LogP contribution < -0.4 is 10.6 Å². The number of hydrogen-bond donors (Lipinski definition) is 2. The van der Waals surface area contributed by atoms with Crippen LogP contribution in [0.5, 0.6) is 0 Å². The second-order valence-corrected chi connectivity index (χ2v) is 5.25. The van der Waals surface area contributed by atoms with Crippen molar-refractivity contribution in [3.63, 3.8) is 0 Å². The smallest absolute Gasteiger partial charge is 0.340 e. The minimum atomic E-state index is -0.521. The number of anilines is 1. The minimum absolute atomic E-state index is 0.239. The lowest BCUT2D eigenvalue weighted by Crippen LogP contribution is -2.28. The van der Waals surface area contributed by atoms with E-state index in [4.69, 9.17) is 4.74 Å². The summed E-state index contributed by atoms with van der Waals surface area (Å²) in [5.41, 5.74) is 1.52. The first-order chi connectivity index (χ1) is 12.1. The Balaban J connectivity index is 1.89. The molecule has 0 heterocycles. The zero-order valence-electron chi connectivity index (χ0n) is 14.0. The van der Waals surface area contributed by atoms with Crippen LogP contribution in [0.1, 0.15) is 29.3 Å². The largest absolute Gasteiger partial charge is 0.462 e. The van der Waals surface area contributed by atoms with Gasteiger partial charge in [-0.25, -0.2) is 4.79 Å². The van der Waals surface area contributed by atoms with Gasteiger partial charge in [0.1, 0.15) is 6.42 Å². The number of para-hydroxylation sites is 1. The fraction of sp³-hybridized carbons (Fsp3) is 0.211. The summed E-state index contributed by atoms with van der Waals surface area (Å²) in [5.74, 6) is -1.41. The van der Waals surface area contributed by atoms with Crippen LogP contribution in [-0.2, 0) is 20.9 Å². The molecule has 25 heavy (non-hydrogen) atoms. The summed E-state index contributed by atoms with van der Waals surface area (Å²) in [5, 5.41) is 5.26. The predicted octanol–water partition coefficient (Wildman–Crippen LogP) is 2.51. The molecule has 0 aromatic heterocycles. The highest BCUT2D eigenvalue weighted by Crippen LogP contribution is 2.16. The van der Waals surface area contributed by atoms with Gasteiger partial charge >= 0.3 is 5.97 Å². The van der Waals surface area contributed by atoms with Crippen LogP contribution in [0.25, 0.3) is 0 Å². The summed E-state index contributed by atoms with van der Waals surface area (Å²) in [6.45, 7) is 2.30. The van der Waals surface area contributed by atoms with Crippen LogP contribution in [0.15, 0.2) is 54.6 Å². The Morgan fingerprint density at radius 1 is 0.920 bits per heavy atom. The second kappa shape index (κ2) is 9.22. The molecule has 130 valence electrons. The van der Waals surface area contributed by atoms with Gasteiger partial charge in [0.25, 0.3) is 0 Å². The molecule has 2 aromatic rings. The van der Waals surface area contributed by atoms with E-state index in [0.29, 0.717) is 12.2 Å². The van der Waals surface area contributed by atoms with Gasteiger partial charge in [-0.15, -0.1) is 0 Å². The molecule has 0 aliphatic carbocycles. The first-order valence-corrected chi connectivity index (χ1v) is 7.96. The lowest BCUT2D eigenvalue weighted by atomic mass is 10.1. The Kier molecular flexibility index (Phi) is 6.71. The van der Waals surface area contributed by atoms with Crippen molar-refractivity contribution in [2.24, 2.45) is 0 Å². The van der Waals surface area contributed by atoms with E-state index in [1.165, 1.54) is 0 Å². The van der Waals surface area contributed by atoms with E-state index in [1.807, 2.05) is 30.3 Å². The lowest BCUT2D eigenvalue weighted by Gasteiger charge is -2.10. The third kappa shape index (κ3) is 5.76. The van der Waals surface area contributed by atoms with Crippen molar-refractivity contribution in [2.75, 3.05) is 11.9 Å². The van der Waals surface area contributed by atoms with Crippen LogP contribution in [0.3, 0.4) is 0 Å². The average molecular weight is 340 g/mol. The molecule has 0 saturated heterocycles.